The van der Waals surface area contributed by atoms with Gasteiger partial charge in [0.25, 0.3) is 0 Å². The van der Waals surface area contributed by atoms with Gasteiger partial charge < -0.3 is 10.4 Å². The highest BCUT2D eigenvalue weighted by Gasteiger charge is 2.13. The van der Waals surface area contributed by atoms with Crippen LogP contribution in [0.5, 0.6) is 0 Å². The van der Waals surface area contributed by atoms with Gasteiger partial charge in [0.1, 0.15) is 5.01 Å². The fraction of sp³-hybridized carbons (Fsp3) is 0.500. The molecule has 0 aromatic carbocycles. The lowest BCUT2D eigenvalue weighted by atomic mass is 10.0. The Morgan fingerprint density at radius 3 is 2.89 bits per heavy atom. The van der Waals surface area contributed by atoms with Gasteiger partial charge in [-0.05, 0) is 23.8 Å². The van der Waals surface area contributed by atoms with E-state index in [1.165, 1.54) is 10.4 Å². The van der Waals surface area contributed by atoms with Crippen molar-refractivity contribution < 1.29 is 5.11 Å². The smallest absolute Gasteiger partial charge is 0.124 e. The molecule has 0 fully saturated rings. The number of rotatable bonds is 7. The summed E-state index contributed by atoms with van der Waals surface area (Å²) in [6, 6.07) is 2.46. The first-order chi connectivity index (χ1) is 9.20. The Morgan fingerprint density at radius 2 is 2.26 bits per heavy atom. The van der Waals surface area contributed by atoms with E-state index in [1.54, 1.807) is 22.7 Å². The van der Waals surface area contributed by atoms with E-state index in [0.717, 1.165) is 18.0 Å². The number of nitrogens with zero attached hydrogens (tertiary/aromatic N) is 1. The summed E-state index contributed by atoms with van der Waals surface area (Å²) in [4.78, 5) is 5.70. The lowest BCUT2D eigenvalue weighted by Crippen LogP contribution is -2.33. The first-order valence-corrected chi connectivity index (χ1v) is 8.28. The van der Waals surface area contributed by atoms with Gasteiger partial charge in [-0.15, -0.1) is 11.3 Å². The van der Waals surface area contributed by atoms with E-state index in [0.29, 0.717) is 12.0 Å². The van der Waals surface area contributed by atoms with Crippen LogP contribution in [0.3, 0.4) is 0 Å². The van der Waals surface area contributed by atoms with Gasteiger partial charge in [-0.25, -0.2) is 4.98 Å². The zero-order chi connectivity index (χ0) is 13.7. The van der Waals surface area contributed by atoms with Crippen molar-refractivity contribution in [2.75, 3.05) is 6.61 Å². The predicted octanol–water partition coefficient (Wildman–Crippen LogP) is 3.37. The molecule has 2 aromatic heterocycles. The van der Waals surface area contributed by atoms with Gasteiger partial charge >= 0.3 is 0 Å². The minimum absolute atomic E-state index is 0.235. The highest BCUT2D eigenvalue weighted by molar-refractivity contribution is 7.15. The van der Waals surface area contributed by atoms with Crippen LogP contribution in [0.4, 0.5) is 0 Å². The summed E-state index contributed by atoms with van der Waals surface area (Å²) in [5, 5.41) is 17.9. The zero-order valence-corrected chi connectivity index (χ0v) is 12.9. The minimum Gasteiger partial charge on any atom is -0.396 e. The summed E-state index contributed by atoms with van der Waals surface area (Å²) in [6.45, 7) is 5.41. The van der Waals surface area contributed by atoms with Crippen LogP contribution < -0.4 is 5.32 Å². The van der Waals surface area contributed by atoms with Gasteiger partial charge in [-0.1, -0.05) is 13.8 Å². The Labute approximate surface area is 122 Å². The van der Waals surface area contributed by atoms with Crippen LogP contribution in [0.1, 0.15) is 25.1 Å². The Kier molecular flexibility index (Phi) is 5.51. The topological polar surface area (TPSA) is 45.1 Å². The summed E-state index contributed by atoms with van der Waals surface area (Å²) >= 11 is 3.43. The summed E-state index contributed by atoms with van der Waals surface area (Å²) in [6.07, 6.45) is 2.74. The van der Waals surface area contributed by atoms with Crippen molar-refractivity contribution in [2.24, 2.45) is 5.92 Å². The molecule has 19 heavy (non-hydrogen) atoms. The van der Waals surface area contributed by atoms with Gasteiger partial charge in [0.15, 0.2) is 0 Å². The van der Waals surface area contributed by atoms with E-state index >= 15 is 0 Å². The summed E-state index contributed by atoms with van der Waals surface area (Å²) in [7, 11) is 0. The molecular weight excluding hydrogens is 276 g/mol. The lowest BCUT2D eigenvalue weighted by Gasteiger charge is -2.20. The zero-order valence-electron chi connectivity index (χ0n) is 11.3. The third kappa shape index (κ3) is 4.11. The van der Waals surface area contributed by atoms with E-state index in [2.05, 4.69) is 41.0 Å². The molecule has 5 heteroatoms. The van der Waals surface area contributed by atoms with Gasteiger partial charge in [-0.2, -0.15) is 11.3 Å². The van der Waals surface area contributed by atoms with Crippen molar-refractivity contribution in [3.63, 3.8) is 0 Å². The van der Waals surface area contributed by atoms with Gasteiger partial charge in [0.2, 0.25) is 0 Å². The lowest BCUT2D eigenvalue weighted by molar-refractivity contribution is 0.244. The normalized spacial score (nSPS) is 13.1. The molecule has 0 bridgehead atoms. The van der Waals surface area contributed by atoms with E-state index in [-0.39, 0.29) is 6.61 Å². The molecule has 1 atom stereocenters. The molecule has 0 saturated heterocycles. The second-order valence-corrected chi connectivity index (χ2v) is 6.78. The Bertz CT molecular complexity index is 479. The molecule has 2 aromatic rings. The maximum atomic E-state index is 9.06. The van der Waals surface area contributed by atoms with Crippen molar-refractivity contribution in [2.45, 2.75) is 32.9 Å². The maximum Gasteiger partial charge on any atom is 0.124 e. The highest BCUT2D eigenvalue weighted by Crippen LogP contribution is 2.26. The monoisotopic (exact) mass is 296 g/mol. The Morgan fingerprint density at radius 1 is 1.42 bits per heavy atom. The average molecular weight is 296 g/mol. The number of hydrogen-bond donors (Lipinski definition) is 2. The molecule has 2 rings (SSSR count). The van der Waals surface area contributed by atoms with Crippen LogP contribution in [-0.4, -0.2) is 22.7 Å². The number of thiazole rings is 1. The van der Waals surface area contributed by atoms with Gasteiger partial charge in [0, 0.05) is 41.2 Å². The fourth-order valence-corrected chi connectivity index (χ4v) is 3.53. The maximum absolute atomic E-state index is 9.06. The average Bonchev–Trinajstić information content (AvgIpc) is 3.04. The molecule has 2 N–H and O–H groups in total. The number of aliphatic hydroxyl groups is 1. The van der Waals surface area contributed by atoms with Crippen LogP contribution in [-0.2, 0) is 6.54 Å². The van der Waals surface area contributed by atoms with Crippen LogP contribution in [0.2, 0.25) is 0 Å². The van der Waals surface area contributed by atoms with Crippen molar-refractivity contribution >= 4 is 22.7 Å². The van der Waals surface area contributed by atoms with Crippen LogP contribution >= 0.6 is 22.7 Å². The van der Waals surface area contributed by atoms with Crippen LogP contribution in [0.15, 0.2) is 23.0 Å². The van der Waals surface area contributed by atoms with Gasteiger partial charge in [0.05, 0.1) is 0 Å². The van der Waals surface area contributed by atoms with Crippen molar-refractivity contribution in [3.8, 4) is 10.6 Å². The van der Waals surface area contributed by atoms with E-state index < -0.39 is 0 Å². The fourth-order valence-electron chi connectivity index (χ4n) is 1.95. The molecule has 0 aliphatic heterocycles. The summed E-state index contributed by atoms with van der Waals surface area (Å²) in [5.41, 5.74) is 1.21. The highest BCUT2D eigenvalue weighted by atomic mass is 32.1. The largest absolute Gasteiger partial charge is 0.396 e. The molecule has 0 aliphatic rings. The van der Waals surface area contributed by atoms with Crippen LogP contribution in [0.25, 0.3) is 10.6 Å². The Hall–Kier alpha value is -0.750. The minimum atomic E-state index is 0.235. The molecule has 2 heterocycles. The molecule has 0 radical (unpaired) electrons. The molecule has 0 saturated carbocycles. The van der Waals surface area contributed by atoms with Gasteiger partial charge in [-0.3, -0.25) is 0 Å². The quantitative estimate of drug-likeness (QED) is 0.823. The molecule has 0 amide bonds. The number of nitrogens with one attached hydrogen (secondary N) is 1. The molecular formula is C14H20N2OS2. The van der Waals surface area contributed by atoms with E-state index in [9.17, 15) is 0 Å². The Balaban J connectivity index is 1.93. The second kappa shape index (κ2) is 7.14. The van der Waals surface area contributed by atoms with E-state index in [1.807, 2.05) is 6.20 Å². The van der Waals surface area contributed by atoms with E-state index in [4.69, 9.17) is 5.11 Å². The molecule has 104 valence electrons. The molecule has 1 unspecified atom stereocenters. The molecule has 0 aliphatic carbocycles. The number of thiophene rings is 1. The molecule has 0 spiro atoms. The number of hydrogen-bond acceptors (Lipinski definition) is 5. The molecule has 3 nitrogen and oxygen atoms in total. The SMILES string of the molecule is CC(C)C(CCO)NCc1cnc(-c2ccsc2)s1. The van der Waals surface area contributed by atoms with Crippen molar-refractivity contribution in [1.29, 1.82) is 0 Å². The second-order valence-electron chi connectivity index (χ2n) is 4.89. The number of aromatic nitrogens is 1. The van der Waals surface area contributed by atoms with Crippen molar-refractivity contribution in [1.82, 2.24) is 10.3 Å². The number of aliphatic hydroxyl groups excluding tert-OH is 1. The summed E-state index contributed by atoms with van der Waals surface area (Å²) < 4.78 is 0. The standard InChI is InChI=1S/C14H20N2OS2/c1-10(2)13(3-5-17)15-7-12-8-16-14(19-12)11-4-6-18-9-11/h4,6,8-10,13,15,17H,3,5,7H2,1-2H3. The third-order valence-corrected chi connectivity index (χ3v) is 4.83. The predicted molar refractivity (Wildman–Crippen MR) is 82.6 cm³/mol. The van der Waals surface area contributed by atoms with Crippen LogP contribution in [0, 0.1) is 5.92 Å². The summed E-state index contributed by atoms with van der Waals surface area (Å²) in [5.74, 6) is 0.524. The first kappa shape index (κ1) is 14.7. The third-order valence-electron chi connectivity index (χ3n) is 3.11. The first-order valence-electron chi connectivity index (χ1n) is 6.52. The van der Waals surface area contributed by atoms with Crippen molar-refractivity contribution in [3.05, 3.63) is 27.9 Å².